The van der Waals surface area contributed by atoms with Gasteiger partial charge in [-0.1, -0.05) is 35.3 Å². The van der Waals surface area contributed by atoms with Crippen molar-refractivity contribution in [3.05, 3.63) is 63.6 Å². The van der Waals surface area contributed by atoms with Crippen molar-refractivity contribution >= 4 is 40.7 Å². The van der Waals surface area contributed by atoms with Gasteiger partial charge in [0.2, 0.25) is 0 Å². The van der Waals surface area contributed by atoms with Gasteiger partial charge in [-0.25, -0.2) is 0 Å². The quantitative estimate of drug-likeness (QED) is 0.885. The van der Waals surface area contributed by atoms with Crippen LogP contribution in [0.4, 0.5) is 5.69 Å². The second-order valence-corrected chi connectivity index (χ2v) is 6.37. The summed E-state index contributed by atoms with van der Waals surface area (Å²) >= 11 is 12.0. The summed E-state index contributed by atoms with van der Waals surface area (Å²) < 4.78 is 5.27. The maximum Gasteiger partial charge on any atom is 0.257 e. The zero-order valence-corrected chi connectivity index (χ0v) is 14.8. The highest BCUT2D eigenvalue weighted by Crippen LogP contribution is 2.24. The average Bonchev–Trinajstić information content (AvgIpc) is 2.64. The lowest BCUT2D eigenvalue weighted by Crippen LogP contribution is -2.41. The minimum atomic E-state index is -0.422. The molecule has 7 heteroatoms. The van der Waals surface area contributed by atoms with Gasteiger partial charge in [-0.2, -0.15) is 0 Å². The van der Waals surface area contributed by atoms with Crippen molar-refractivity contribution in [1.29, 1.82) is 0 Å². The highest BCUT2D eigenvalue weighted by molar-refractivity contribution is 6.36. The fraction of sp³-hybridized carbons (Fsp3) is 0.222. The van der Waals surface area contributed by atoms with E-state index in [9.17, 15) is 9.59 Å². The summed E-state index contributed by atoms with van der Waals surface area (Å²) in [5, 5.41) is 3.45. The number of halogens is 2. The standard InChI is InChI=1S/C18H16Cl2N2O3/c19-12-5-6-15(20)14(11-12)17(23)21-16-4-2-1-3-13(16)18(24)22-7-9-25-10-8-22/h1-6,11H,7-10H2,(H,21,23). The Kier molecular flexibility index (Phi) is 5.58. The fourth-order valence-electron chi connectivity index (χ4n) is 2.58. The molecule has 1 aliphatic rings. The summed E-state index contributed by atoms with van der Waals surface area (Å²) in [5.41, 5.74) is 1.11. The van der Waals surface area contributed by atoms with Crippen LogP contribution < -0.4 is 5.32 Å². The summed E-state index contributed by atoms with van der Waals surface area (Å²) in [4.78, 5) is 27.0. The predicted octanol–water partition coefficient (Wildman–Crippen LogP) is 3.72. The minimum absolute atomic E-state index is 0.142. The Bertz CT molecular complexity index is 805. The van der Waals surface area contributed by atoms with Gasteiger partial charge in [0, 0.05) is 18.1 Å². The van der Waals surface area contributed by atoms with Gasteiger partial charge in [0.05, 0.1) is 35.1 Å². The fourth-order valence-corrected chi connectivity index (χ4v) is 2.95. The maximum atomic E-state index is 12.7. The molecule has 1 heterocycles. The molecule has 0 spiro atoms. The second-order valence-electron chi connectivity index (χ2n) is 5.53. The van der Waals surface area contributed by atoms with E-state index in [2.05, 4.69) is 5.32 Å². The predicted molar refractivity (Wildman–Crippen MR) is 97.6 cm³/mol. The van der Waals surface area contributed by atoms with Crippen molar-refractivity contribution in [3.63, 3.8) is 0 Å². The molecule has 25 heavy (non-hydrogen) atoms. The lowest BCUT2D eigenvalue weighted by atomic mass is 10.1. The Balaban J connectivity index is 1.84. The van der Waals surface area contributed by atoms with E-state index in [1.807, 2.05) is 0 Å². The molecule has 1 fully saturated rings. The van der Waals surface area contributed by atoms with E-state index in [1.54, 1.807) is 41.3 Å². The van der Waals surface area contributed by atoms with Crippen LogP contribution in [0.25, 0.3) is 0 Å². The van der Waals surface area contributed by atoms with Gasteiger partial charge < -0.3 is 15.0 Å². The third kappa shape index (κ3) is 4.12. The van der Waals surface area contributed by atoms with Crippen molar-refractivity contribution in [2.75, 3.05) is 31.6 Å². The van der Waals surface area contributed by atoms with E-state index < -0.39 is 5.91 Å². The summed E-state index contributed by atoms with van der Waals surface area (Å²) in [6.07, 6.45) is 0. The van der Waals surface area contributed by atoms with Crippen molar-refractivity contribution in [2.24, 2.45) is 0 Å². The first kappa shape index (κ1) is 17.7. The number of para-hydroxylation sites is 1. The van der Waals surface area contributed by atoms with Crippen molar-refractivity contribution in [3.8, 4) is 0 Å². The number of morpholine rings is 1. The monoisotopic (exact) mass is 378 g/mol. The van der Waals surface area contributed by atoms with Gasteiger partial charge >= 0.3 is 0 Å². The molecule has 2 aromatic rings. The first-order chi connectivity index (χ1) is 12.1. The zero-order chi connectivity index (χ0) is 17.8. The highest BCUT2D eigenvalue weighted by Gasteiger charge is 2.22. The molecule has 2 aromatic carbocycles. The highest BCUT2D eigenvalue weighted by atomic mass is 35.5. The number of ether oxygens (including phenoxy) is 1. The topological polar surface area (TPSA) is 58.6 Å². The SMILES string of the molecule is O=C(Nc1ccccc1C(=O)N1CCOCC1)c1cc(Cl)ccc1Cl. The van der Waals surface area contributed by atoms with Gasteiger partial charge in [-0.05, 0) is 30.3 Å². The van der Waals surface area contributed by atoms with E-state index in [1.165, 1.54) is 6.07 Å². The number of nitrogens with one attached hydrogen (secondary N) is 1. The van der Waals surface area contributed by atoms with Gasteiger partial charge in [-0.3, -0.25) is 9.59 Å². The average molecular weight is 379 g/mol. The Hall–Kier alpha value is -2.08. The van der Waals surface area contributed by atoms with Crippen LogP contribution in [0.1, 0.15) is 20.7 Å². The Morgan fingerprint density at radius 1 is 1.00 bits per heavy atom. The first-order valence-electron chi connectivity index (χ1n) is 7.79. The first-order valence-corrected chi connectivity index (χ1v) is 8.54. The van der Waals surface area contributed by atoms with Gasteiger partial charge in [0.1, 0.15) is 0 Å². The van der Waals surface area contributed by atoms with Gasteiger partial charge in [0.25, 0.3) is 11.8 Å². The molecule has 0 saturated carbocycles. The smallest absolute Gasteiger partial charge is 0.257 e. The second kappa shape index (κ2) is 7.87. The number of hydrogen-bond donors (Lipinski definition) is 1. The Labute approximate surface area is 155 Å². The van der Waals surface area contributed by atoms with Crippen LogP contribution in [0.15, 0.2) is 42.5 Å². The molecule has 0 radical (unpaired) electrons. The molecule has 5 nitrogen and oxygen atoms in total. The molecule has 0 unspecified atom stereocenters. The molecule has 1 saturated heterocycles. The zero-order valence-electron chi connectivity index (χ0n) is 13.3. The minimum Gasteiger partial charge on any atom is -0.378 e. The Morgan fingerprint density at radius 3 is 2.48 bits per heavy atom. The molecule has 1 aliphatic heterocycles. The van der Waals surface area contributed by atoms with Crippen LogP contribution in [0.5, 0.6) is 0 Å². The third-order valence-corrected chi connectivity index (χ3v) is 4.44. The molecule has 130 valence electrons. The lowest BCUT2D eigenvalue weighted by Gasteiger charge is -2.27. The number of nitrogens with zero attached hydrogens (tertiary/aromatic N) is 1. The number of carbonyl (C=O) groups is 2. The molecule has 0 aliphatic carbocycles. The molecule has 3 rings (SSSR count). The van der Waals surface area contributed by atoms with Crippen LogP contribution in [0, 0.1) is 0 Å². The van der Waals surface area contributed by atoms with E-state index >= 15 is 0 Å². The molecule has 1 N–H and O–H groups in total. The van der Waals surface area contributed by atoms with Gasteiger partial charge in [-0.15, -0.1) is 0 Å². The van der Waals surface area contributed by atoms with Crippen LogP contribution in [-0.4, -0.2) is 43.0 Å². The third-order valence-electron chi connectivity index (χ3n) is 3.88. The molecule has 0 aromatic heterocycles. The van der Waals surface area contributed by atoms with Crippen LogP contribution in [0.3, 0.4) is 0 Å². The normalized spacial score (nSPS) is 14.2. The lowest BCUT2D eigenvalue weighted by molar-refractivity contribution is 0.0303. The number of hydrogen-bond acceptors (Lipinski definition) is 3. The maximum absolute atomic E-state index is 12.7. The molecule has 0 atom stereocenters. The number of carbonyl (C=O) groups excluding carboxylic acids is 2. The van der Waals surface area contributed by atoms with Gasteiger partial charge in [0.15, 0.2) is 0 Å². The van der Waals surface area contributed by atoms with Crippen molar-refractivity contribution in [2.45, 2.75) is 0 Å². The Morgan fingerprint density at radius 2 is 1.72 bits per heavy atom. The summed E-state index contributed by atoms with van der Waals surface area (Å²) in [5.74, 6) is -0.564. The van der Waals surface area contributed by atoms with Crippen LogP contribution in [-0.2, 0) is 4.74 Å². The van der Waals surface area contributed by atoms with Crippen molar-refractivity contribution in [1.82, 2.24) is 4.90 Å². The van der Waals surface area contributed by atoms with E-state index in [0.717, 1.165) is 0 Å². The molecule has 0 bridgehead atoms. The van der Waals surface area contributed by atoms with E-state index in [0.29, 0.717) is 47.6 Å². The molecular formula is C18H16Cl2N2O3. The number of anilines is 1. The van der Waals surface area contributed by atoms with E-state index in [4.69, 9.17) is 27.9 Å². The number of rotatable bonds is 3. The van der Waals surface area contributed by atoms with Crippen molar-refractivity contribution < 1.29 is 14.3 Å². The molecular weight excluding hydrogens is 363 g/mol. The molecule has 2 amide bonds. The summed E-state index contributed by atoms with van der Waals surface area (Å²) in [7, 11) is 0. The van der Waals surface area contributed by atoms with Crippen LogP contribution >= 0.6 is 23.2 Å². The van der Waals surface area contributed by atoms with E-state index in [-0.39, 0.29) is 11.5 Å². The summed E-state index contributed by atoms with van der Waals surface area (Å²) in [6, 6.07) is 11.5. The van der Waals surface area contributed by atoms with Crippen LogP contribution in [0.2, 0.25) is 10.0 Å². The largest absolute Gasteiger partial charge is 0.378 e. The number of benzene rings is 2. The number of amides is 2. The summed E-state index contributed by atoms with van der Waals surface area (Å²) in [6.45, 7) is 2.08.